The summed E-state index contributed by atoms with van der Waals surface area (Å²) < 4.78 is 27.2. The van der Waals surface area contributed by atoms with Gasteiger partial charge in [-0.2, -0.15) is 0 Å². The van der Waals surface area contributed by atoms with Crippen LogP contribution < -0.4 is 0 Å². The number of aromatic carboxylic acids is 1. The number of fused-ring (bicyclic) bond motifs is 1. The van der Waals surface area contributed by atoms with Crippen LogP contribution >= 0.6 is 0 Å². The molecule has 2 aromatic carbocycles. The molecule has 3 rings (SSSR count). The molecule has 0 aliphatic heterocycles. The highest BCUT2D eigenvalue weighted by atomic mass is 19.1. The van der Waals surface area contributed by atoms with Gasteiger partial charge in [0.2, 0.25) is 0 Å². The molecule has 3 nitrogen and oxygen atoms in total. The molecule has 0 aliphatic carbocycles. The van der Waals surface area contributed by atoms with Crippen molar-refractivity contribution in [2.75, 3.05) is 0 Å². The molecular formula is C16H9F2NO2. The van der Waals surface area contributed by atoms with E-state index in [1.807, 2.05) is 6.07 Å². The summed E-state index contributed by atoms with van der Waals surface area (Å²) in [6.07, 6.45) is 0. The summed E-state index contributed by atoms with van der Waals surface area (Å²) in [5.41, 5.74) is 0.764. The number of hydrogen-bond acceptors (Lipinski definition) is 2. The van der Waals surface area contributed by atoms with E-state index in [9.17, 15) is 18.7 Å². The van der Waals surface area contributed by atoms with E-state index in [1.165, 1.54) is 6.07 Å². The Morgan fingerprint density at radius 2 is 1.76 bits per heavy atom. The molecule has 0 unspecified atom stereocenters. The maximum Gasteiger partial charge on any atom is 0.336 e. The van der Waals surface area contributed by atoms with E-state index in [1.54, 1.807) is 24.3 Å². The van der Waals surface area contributed by atoms with Gasteiger partial charge in [0.1, 0.15) is 11.6 Å². The van der Waals surface area contributed by atoms with Crippen molar-refractivity contribution in [3.05, 3.63) is 65.7 Å². The van der Waals surface area contributed by atoms with Gasteiger partial charge in [0, 0.05) is 17.7 Å². The maximum atomic E-state index is 13.9. The Hall–Kier alpha value is -2.82. The number of rotatable bonds is 2. The van der Waals surface area contributed by atoms with Crippen LogP contribution in [0.3, 0.4) is 0 Å². The summed E-state index contributed by atoms with van der Waals surface area (Å²) in [7, 11) is 0. The number of aromatic nitrogens is 1. The molecule has 0 fully saturated rings. The largest absolute Gasteiger partial charge is 0.478 e. The van der Waals surface area contributed by atoms with Crippen LogP contribution in [0.4, 0.5) is 8.78 Å². The van der Waals surface area contributed by atoms with Crippen LogP contribution in [0, 0.1) is 11.6 Å². The predicted molar refractivity (Wildman–Crippen MR) is 74.1 cm³/mol. The smallest absolute Gasteiger partial charge is 0.336 e. The summed E-state index contributed by atoms with van der Waals surface area (Å²) in [5, 5.41) is 9.07. The molecule has 0 aliphatic rings. The third kappa shape index (κ3) is 2.33. The average molecular weight is 285 g/mol. The van der Waals surface area contributed by atoms with Crippen LogP contribution in [0.2, 0.25) is 0 Å². The SMILES string of the molecule is O=C(O)c1cc(-c2ccccc2)nc2cc(F)cc(F)c12. The highest BCUT2D eigenvalue weighted by Crippen LogP contribution is 2.27. The van der Waals surface area contributed by atoms with Gasteiger partial charge in [0.25, 0.3) is 0 Å². The summed E-state index contributed by atoms with van der Waals surface area (Å²) in [6.45, 7) is 0. The second-order valence-electron chi connectivity index (χ2n) is 4.51. The van der Waals surface area contributed by atoms with Crippen molar-refractivity contribution in [2.45, 2.75) is 0 Å². The number of carboxylic acid groups (broad SMARTS) is 1. The molecule has 104 valence electrons. The van der Waals surface area contributed by atoms with Gasteiger partial charge in [-0.1, -0.05) is 30.3 Å². The van der Waals surface area contributed by atoms with Gasteiger partial charge in [0.05, 0.1) is 22.2 Å². The highest BCUT2D eigenvalue weighted by molar-refractivity contribution is 6.04. The maximum absolute atomic E-state index is 13.9. The van der Waals surface area contributed by atoms with Gasteiger partial charge in [-0.3, -0.25) is 0 Å². The van der Waals surface area contributed by atoms with Gasteiger partial charge < -0.3 is 5.11 Å². The Bertz CT molecular complexity index is 848. The first kappa shape index (κ1) is 13.2. The van der Waals surface area contributed by atoms with Crippen molar-refractivity contribution in [3.63, 3.8) is 0 Å². The number of halogens is 2. The van der Waals surface area contributed by atoms with Crippen LogP contribution in [0.25, 0.3) is 22.2 Å². The fourth-order valence-electron chi connectivity index (χ4n) is 2.21. The summed E-state index contributed by atoms with van der Waals surface area (Å²) >= 11 is 0. The van der Waals surface area contributed by atoms with Gasteiger partial charge in [0.15, 0.2) is 0 Å². The van der Waals surface area contributed by atoms with Crippen LogP contribution in [-0.4, -0.2) is 16.1 Å². The molecule has 0 saturated carbocycles. The van der Waals surface area contributed by atoms with E-state index in [4.69, 9.17) is 0 Å². The lowest BCUT2D eigenvalue weighted by atomic mass is 10.0. The second-order valence-corrected chi connectivity index (χ2v) is 4.51. The van der Waals surface area contributed by atoms with Crippen LogP contribution in [0.15, 0.2) is 48.5 Å². The van der Waals surface area contributed by atoms with Crippen molar-refractivity contribution in [1.29, 1.82) is 0 Å². The zero-order valence-corrected chi connectivity index (χ0v) is 10.7. The Balaban J connectivity index is 2.38. The lowest BCUT2D eigenvalue weighted by Crippen LogP contribution is -2.02. The second kappa shape index (κ2) is 4.94. The Kier molecular flexibility index (Phi) is 3.10. The minimum absolute atomic E-state index is 0.0220. The average Bonchev–Trinajstić information content (AvgIpc) is 2.46. The van der Waals surface area contributed by atoms with Gasteiger partial charge in [-0.05, 0) is 6.07 Å². The molecule has 5 heteroatoms. The Labute approximate surface area is 118 Å². The van der Waals surface area contributed by atoms with Gasteiger partial charge in [-0.15, -0.1) is 0 Å². The molecule has 0 amide bonds. The monoisotopic (exact) mass is 285 g/mol. The number of nitrogens with zero attached hydrogens (tertiary/aromatic N) is 1. The molecule has 0 spiro atoms. The molecule has 1 aromatic heterocycles. The van der Waals surface area contributed by atoms with E-state index >= 15 is 0 Å². The molecule has 0 bridgehead atoms. The predicted octanol–water partition coefficient (Wildman–Crippen LogP) is 3.88. The highest BCUT2D eigenvalue weighted by Gasteiger charge is 2.17. The van der Waals surface area contributed by atoms with Crippen molar-refractivity contribution >= 4 is 16.9 Å². The van der Waals surface area contributed by atoms with Crippen LogP contribution in [0.1, 0.15) is 10.4 Å². The lowest BCUT2D eigenvalue weighted by Gasteiger charge is -2.08. The first-order valence-corrected chi connectivity index (χ1v) is 6.15. The van der Waals surface area contributed by atoms with E-state index in [-0.39, 0.29) is 16.5 Å². The zero-order chi connectivity index (χ0) is 15.0. The Morgan fingerprint density at radius 3 is 2.43 bits per heavy atom. The molecule has 3 aromatic rings. The van der Waals surface area contributed by atoms with E-state index in [0.717, 1.165) is 6.07 Å². The minimum atomic E-state index is -1.29. The number of carbonyl (C=O) groups is 1. The first-order valence-electron chi connectivity index (χ1n) is 6.15. The van der Waals surface area contributed by atoms with Crippen molar-refractivity contribution < 1.29 is 18.7 Å². The van der Waals surface area contributed by atoms with Crippen LogP contribution in [-0.2, 0) is 0 Å². The molecule has 0 saturated heterocycles. The molecule has 21 heavy (non-hydrogen) atoms. The van der Waals surface area contributed by atoms with Crippen molar-refractivity contribution in [1.82, 2.24) is 4.98 Å². The standard InChI is InChI=1S/C16H9F2NO2/c17-10-6-12(18)15-11(16(20)21)8-13(19-14(15)7-10)9-4-2-1-3-5-9/h1-8H,(H,20,21). The van der Waals surface area contributed by atoms with Crippen molar-refractivity contribution in [2.24, 2.45) is 0 Å². The zero-order valence-electron chi connectivity index (χ0n) is 10.7. The van der Waals surface area contributed by atoms with E-state index < -0.39 is 17.6 Å². The summed E-state index contributed by atoms with van der Waals surface area (Å²) in [4.78, 5) is 15.5. The molecular weight excluding hydrogens is 276 g/mol. The van der Waals surface area contributed by atoms with E-state index in [2.05, 4.69) is 4.98 Å². The molecule has 1 heterocycles. The number of hydrogen-bond donors (Lipinski definition) is 1. The lowest BCUT2D eigenvalue weighted by molar-refractivity contribution is 0.0698. The Morgan fingerprint density at radius 1 is 1.05 bits per heavy atom. The summed E-state index contributed by atoms with van der Waals surface area (Å²) in [6, 6.07) is 11.8. The third-order valence-electron chi connectivity index (χ3n) is 3.13. The molecule has 0 radical (unpaired) electrons. The number of benzene rings is 2. The normalized spacial score (nSPS) is 10.8. The summed E-state index contributed by atoms with van der Waals surface area (Å²) in [5.74, 6) is -3.02. The van der Waals surface area contributed by atoms with E-state index in [0.29, 0.717) is 17.3 Å². The fourth-order valence-corrected chi connectivity index (χ4v) is 2.21. The van der Waals surface area contributed by atoms with Crippen LogP contribution in [0.5, 0.6) is 0 Å². The quantitative estimate of drug-likeness (QED) is 0.777. The number of carboxylic acids is 1. The van der Waals surface area contributed by atoms with Crippen molar-refractivity contribution in [3.8, 4) is 11.3 Å². The third-order valence-corrected chi connectivity index (χ3v) is 3.13. The number of pyridine rings is 1. The molecule has 1 N–H and O–H groups in total. The topological polar surface area (TPSA) is 50.2 Å². The van der Waals surface area contributed by atoms with Gasteiger partial charge >= 0.3 is 5.97 Å². The first-order chi connectivity index (χ1) is 10.1. The molecule has 0 atom stereocenters. The minimum Gasteiger partial charge on any atom is -0.478 e. The van der Waals surface area contributed by atoms with Gasteiger partial charge in [-0.25, -0.2) is 18.6 Å². The fraction of sp³-hybridized carbons (Fsp3) is 0.